The number of amides is 2. The van der Waals surface area contributed by atoms with Crippen molar-refractivity contribution >= 4 is 22.5 Å². The maximum absolute atomic E-state index is 12.1. The van der Waals surface area contributed by atoms with Crippen LogP contribution in [-0.2, 0) is 10.8 Å². The van der Waals surface area contributed by atoms with Gasteiger partial charge < -0.3 is 15.3 Å². The lowest BCUT2D eigenvalue weighted by Crippen LogP contribution is -2.44. The van der Waals surface area contributed by atoms with Crippen molar-refractivity contribution in [2.24, 2.45) is 0 Å². The third-order valence-corrected chi connectivity index (χ3v) is 4.10. The van der Waals surface area contributed by atoms with E-state index < -0.39 is 16.9 Å². The number of carbonyl (C=O) groups excluding carboxylic acids is 1. The molecule has 2 atom stereocenters. The van der Waals surface area contributed by atoms with Crippen molar-refractivity contribution in [3.63, 3.8) is 0 Å². The van der Waals surface area contributed by atoms with E-state index in [1.807, 2.05) is 0 Å². The van der Waals surface area contributed by atoms with Crippen LogP contribution in [0.25, 0.3) is 0 Å². The zero-order valence-electron chi connectivity index (χ0n) is 10.8. The van der Waals surface area contributed by atoms with Crippen molar-refractivity contribution in [3.8, 4) is 0 Å². The summed E-state index contributed by atoms with van der Waals surface area (Å²) in [7, 11) is -1.15. The summed E-state index contributed by atoms with van der Waals surface area (Å²) in [4.78, 5) is 14.3. The van der Waals surface area contributed by atoms with Crippen LogP contribution in [0.3, 0.4) is 0 Å². The van der Waals surface area contributed by atoms with Crippen LogP contribution in [0.4, 0.5) is 10.5 Å². The summed E-state index contributed by atoms with van der Waals surface area (Å²) in [6.45, 7) is 0.990. The van der Waals surface area contributed by atoms with Crippen LogP contribution < -0.4 is 5.32 Å². The van der Waals surface area contributed by atoms with E-state index in [0.29, 0.717) is 23.7 Å². The predicted molar refractivity (Wildman–Crippen MR) is 74.6 cm³/mol. The summed E-state index contributed by atoms with van der Waals surface area (Å²) in [6.07, 6.45) is 2.67. The Bertz CT molecular complexity index is 493. The fraction of sp³-hybridized carbons (Fsp3) is 0.462. The lowest BCUT2D eigenvalue weighted by Gasteiger charge is -2.30. The Labute approximate surface area is 115 Å². The van der Waals surface area contributed by atoms with Crippen molar-refractivity contribution in [2.45, 2.75) is 23.8 Å². The highest BCUT2D eigenvalue weighted by Gasteiger charge is 2.22. The minimum atomic E-state index is -1.15. The monoisotopic (exact) mass is 282 g/mol. The molecule has 1 aromatic rings. The Kier molecular flexibility index (Phi) is 4.55. The fourth-order valence-corrected chi connectivity index (χ4v) is 2.85. The van der Waals surface area contributed by atoms with E-state index in [1.54, 1.807) is 35.4 Å². The molecule has 0 saturated carbocycles. The number of nitrogens with one attached hydrogen (secondary N) is 1. The average Bonchev–Trinajstić information content (AvgIpc) is 2.39. The Morgan fingerprint density at radius 2 is 2.21 bits per heavy atom. The van der Waals surface area contributed by atoms with Gasteiger partial charge in [-0.3, -0.25) is 4.21 Å². The lowest BCUT2D eigenvalue weighted by atomic mass is 10.1. The van der Waals surface area contributed by atoms with E-state index >= 15 is 0 Å². The van der Waals surface area contributed by atoms with Gasteiger partial charge in [-0.05, 0) is 25.0 Å². The van der Waals surface area contributed by atoms with Gasteiger partial charge in [0.2, 0.25) is 0 Å². The van der Waals surface area contributed by atoms with Crippen LogP contribution >= 0.6 is 0 Å². The first-order valence-electron chi connectivity index (χ1n) is 6.24. The van der Waals surface area contributed by atoms with Gasteiger partial charge >= 0.3 is 6.03 Å². The number of aliphatic hydroxyl groups excluding tert-OH is 1. The molecule has 19 heavy (non-hydrogen) atoms. The Morgan fingerprint density at radius 1 is 1.47 bits per heavy atom. The van der Waals surface area contributed by atoms with Crippen LogP contribution in [-0.4, -0.2) is 45.7 Å². The van der Waals surface area contributed by atoms with Gasteiger partial charge in [-0.2, -0.15) is 0 Å². The van der Waals surface area contributed by atoms with E-state index in [4.69, 9.17) is 0 Å². The first-order valence-corrected chi connectivity index (χ1v) is 7.80. The fourth-order valence-electron chi connectivity index (χ4n) is 2.15. The van der Waals surface area contributed by atoms with Crippen LogP contribution in [0.15, 0.2) is 29.2 Å². The number of likely N-dealkylation sites (tertiary alicyclic amines) is 1. The first-order chi connectivity index (χ1) is 9.08. The first kappa shape index (κ1) is 14.0. The van der Waals surface area contributed by atoms with Gasteiger partial charge in [0.15, 0.2) is 0 Å². The standard InChI is InChI=1S/C13H18N2O3S/c1-19(18)12-7-3-2-6-11(12)14-13(17)15-8-4-5-10(16)9-15/h2-3,6-7,10,16H,4-5,8-9H2,1H3,(H,14,17)/t10-,19+/m0/s1. The van der Waals surface area contributed by atoms with E-state index in [2.05, 4.69) is 5.32 Å². The van der Waals surface area contributed by atoms with Gasteiger partial charge in [0, 0.05) is 19.3 Å². The lowest BCUT2D eigenvalue weighted by molar-refractivity contribution is 0.0883. The number of hydrogen-bond donors (Lipinski definition) is 2. The molecule has 1 aromatic carbocycles. The smallest absolute Gasteiger partial charge is 0.321 e. The minimum Gasteiger partial charge on any atom is -0.391 e. The Balaban J connectivity index is 2.08. The number of hydrogen-bond acceptors (Lipinski definition) is 3. The number of nitrogens with zero attached hydrogens (tertiary/aromatic N) is 1. The number of urea groups is 1. The van der Waals surface area contributed by atoms with Crippen LogP contribution in [0, 0.1) is 0 Å². The molecule has 0 aliphatic carbocycles. The molecular weight excluding hydrogens is 264 g/mol. The molecular formula is C13H18N2O3S. The summed E-state index contributed by atoms with van der Waals surface area (Å²) < 4.78 is 11.6. The number of aliphatic hydroxyl groups is 1. The molecule has 0 unspecified atom stereocenters. The SMILES string of the molecule is C[S@@](=O)c1ccccc1NC(=O)N1CCC[C@H](O)C1. The largest absolute Gasteiger partial charge is 0.391 e. The summed E-state index contributed by atoms with van der Waals surface area (Å²) in [5.74, 6) is 0. The van der Waals surface area contributed by atoms with Gasteiger partial charge in [0.25, 0.3) is 0 Å². The van der Waals surface area contributed by atoms with Gasteiger partial charge in [0.1, 0.15) is 0 Å². The van der Waals surface area contributed by atoms with Crippen LogP contribution in [0.2, 0.25) is 0 Å². The highest BCUT2D eigenvalue weighted by molar-refractivity contribution is 7.84. The number of anilines is 1. The summed E-state index contributed by atoms with van der Waals surface area (Å²) in [6, 6.07) is 6.79. The van der Waals surface area contributed by atoms with Crippen LogP contribution in [0.5, 0.6) is 0 Å². The highest BCUT2D eigenvalue weighted by Crippen LogP contribution is 2.19. The average molecular weight is 282 g/mol. The Morgan fingerprint density at radius 3 is 2.89 bits per heavy atom. The van der Waals surface area contributed by atoms with Crippen molar-refractivity contribution in [1.29, 1.82) is 0 Å². The minimum absolute atomic E-state index is 0.253. The Hall–Kier alpha value is -1.40. The predicted octanol–water partition coefficient (Wildman–Crippen LogP) is 1.41. The second-order valence-electron chi connectivity index (χ2n) is 4.62. The number of carbonyl (C=O) groups is 1. The molecule has 1 saturated heterocycles. The van der Waals surface area contributed by atoms with Crippen molar-refractivity contribution in [2.75, 3.05) is 24.7 Å². The number of piperidine rings is 1. The van der Waals surface area contributed by atoms with E-state index in [0.717, 1.165) is 12.8 Å². The molecule has 0 bridgehead atoms. The summed E-state index contributed by atoms with van der Waals surface area (Å²) >= 11 is 0. The molecule has 1 heterocycles. The molecule has 2 amide bonds. The maximum Gasteiger partial charge on any atom is 0.321 e. The zero-order valence-corrected chi connectivity index (χ0v) is 11.7. The molecule has 1 aliphatic heterocycles. The molecule has 1 aliphatic rings. The van der Waals surface area contributed by atoms with Gasteiger partial charge in [-0.15, -0.1) is 0 Å². The van der Waals surface area contributed by atoms with Gasteiger partial charge in [0.05, 0.1) is 27.5 Å². The van der Waals surface area contributed by atoms with Gasteiger partial charge in [-0.1, -0.05) is 12.1 Å². The summed E-state index contributed by atoms with van der Waals surface area (Å²) in [5, 5.41) is 12.3. The van der Waals surface area contributed by atoms with Crippen molar-refractivity contribution < 1.29 is 14.1 Å². The van der Waals surface area contributed by atoms with Gasteiger partial charge in [-0.25, -0.2) is 4.79 Å². The van der Waals surface area contributed by atoms with Crippen molar-refractivity contribution in [3.05, 3.63) is 24.3 Å². The number of rotatable bonds is 2. The molecule has 0 radical (unpaired) electrons. The highest BCUT2D eigenvalue weighted by atomic mass is 32.2. The molecule has 0 aromatic heterocycles. The van der Waals surface area contributed by atoms with Crippen molar-refractivity contribution in [1.82, 2.24) is 4.90 Å². The molecule has 5 nitrogen and oxygen atoms in total. The molecule has 2 N–H and O–H groups in total. The van der Waals surface area contributed by atoms with E-state index in [1.165, 1.54) is 0 Å². The molecule has 0 spiro atoms. The topological polar surface area (TPSA) is 69.6 Å². The van der Waals surface area contributed by atoms with E-state index in [-0.39, 0.29) is 6.03 Å². The second kappa shape index (κ2) is 6.16. The third kappa shape index (κ3) is 3.54. The molecule has 2 rings (SSSR count). The number of benzene rings is 1. The molecule has 1 fully saturated rings. The van der Waals surface area contributed by atoms with E-state index in [9.17, 15) is 14.1 Å². The second-order valence-corrected chi connectivity index (χ2v) is 5.97. The third-order valence-electron chi connectivity index (χ3n) is 3.12. The quantitative estimate of drug-likeness (QED) is 0.861. The number of β-amino-alcohol motifs (C(OH)–C–C–N with tert-alkyl or cyclic N) is 1. The van der Waals surface area contributed by atoms with Crippen LogP contribution in [0.1, 0.15) is 12.8 Å². The maximum atomic E-state index is 12.1. The zero-order chi connectivity index (χ0) is 13.8. The number of para-hydroxylation sites is 1. The molecule has 6 heteroatoms. The summed E-state index contributed by atoms with van der Waals surface area (Å²) in [5.41, 5.74) is 0.563. The molecule has 104 valence electrons. The normalized spacial score (nSPS) is 20.9.